The second-order valence-corrected chi connectivity index (χ2v) is 4.65. The predicted molar refractivity (Wildman–Crippen MR) is 69.4 cm³/mol. The van der Waals surface area contributed by atoms with Crippen LogP contribution in [0.3, 0.4) is 0 Å². The third kappa shape index (κ3) is 3.89. The van der Waals surface area contributed by atoms with Crippen LogP contribution in [0.15, 0.2) is 40.0 Å². The molecule has 0 radical (unpaired) electrons. The zero-order valence-corrected chi connectivity index (χ0v) is 10.7. The number of thioether (sulfide) groups is 1. The number of hydrogen-bond acceptors (Lipinski definition) is 5. The summed E-state index contributed by atoms with van der Waals surface area (Å²) in [7, 11) is 0. The van der Waals surface area contributed by atoms with Crippen molar-refractivity contribution in [2.24, 2.45) is 0 Å². The van der Waals surface area contributed by atoms with E-state index in [2.05, 4.69) is 15.5 Å². The number of rotatable bonds is 5. The topological polar surface area (TPSA) is 68.0 Å². The van der Waals surface area contributed by atoms with Gasteiger partial charge in [-0.05, 0) is 12.1 Å². The summed E-state index contributed by atoms with van der Waals surface area (Å²) in [5.41, 5.74) is 0.807. The van der Waals surface area contributed by atoms with Crippen LogP contribution >= 0.6 is 11.8 Å². The molecule has 0 aliphatic heterocycles. The van der Waals surface area contributed by atoms with Crippen molar-refractivity contribution >= 4 is 23.4 Å². The number of amides is 1. The summed E-state index contributed by atoms with van der Waals surface area (Å²) in [5, 5.41) is 10.9. The maximum Gasteiger partial charge on any atom is 0.276 e. The Kier molecular flexibility index (Phi) is 4.35. The molecule has 1 aromatic heterocycles. The van der Waals surface area contributed by atoms with Gasteiger partial charge in [-0.3, -0.25) is 4.79 Å². The van der Waals surface area contributed by atoms with Crippen LogP contribution in [0.4, 0.5) is 5.69 Å². The van der Waals surface area contributed by atoms with E-state index < -0.39 is 0 Å². The molecule has 0 spiro atoms. The number of anilines is 1. The minimum Gasteiger partial charge on any atom is -0.416 e. The molecule has 1 amide bonds. The lowest BCUT2D eigenvalue weighted by Gasteiger charge is -2.03. The van der Waals surface area contributed by atoms with E-state index in [1.165, 1.54) is 11.8 Å². The minimum absolute atomic E-state index is 0.0232. The van der Waals surface area contributed by atoms with Gasteiger partial charge in [0.15, 0.2) is 0 Å². The summed E-state index contributed by atoms with van der Waals surface area (Å²) in [6.45, 7) is 1.74. The first-order chi connectivity index (χ1) is 8.74. The van der Waals surface area contributed by atoms with Crippen molar-refractivity contribution in [2.45, 2.75) is 18.6 Å². The van der Waals surface area contributed by atoms with Gasteiger partial charge in [0.1, 0.15) is 0 Å². The first-order valence-corrected chi connectivity index (χ1v) is 6.50. The van der Waals surface area contributed by atoms with Gasteiger partial charge in [-0.1, -0.05) is 30.0 Å². The Bertz CT molecular complexity index is 513. The van der Waals surface area contributed by atoms with Crippen molar-refractivity contribution in [3.63, 3.8) is 0 Å². The Morgan fingerprint density at radius 3 is 2.78 bits per heavy atom. The molecule has 2 aromatic rings. The molecule has 0 saturated carbocycles. The second kappa shape index (κ2) is 6.20. The maximum absolute atomic E-state index is 11.6. The molecule has 0 unspecified atom stereocenters. The Labute approximate surface area is 109 Å². The number of nitrogens with one attached hydrogen (secondary N) is 1. The lowest BCUT2D eigenvalue weighted by atomic mass is 10.3. The second-order valence-electron chi connectivity index (χ2n) is 3.60. The van der Waals surface area contributed by atoms with E-state index in [-0.39, 0.29) is 5.91 Å². The van der Waals surface area contributed by atoms with Crippen LogP contribution in [0.2, 0.25) is 0 Å². The largest absolute Gasteiger partial charge is 0.416 e. The number of aromatic nitrogens is 2. The highest BCUT2D eigenvalue weighted by Crippen LogP contribution is 2.16. The first-order valence-electron chi connectivity index (χ1n) is 5.52. The fourth-order valence-corrected chi connectivity index (χ4v) is 2.05. The number of nitrogens with zero attached hydrogens (tertiary/aromatic N) is 2. The average molecular weight is 263 g/mol. The molecule has 6 heteroatoms. The molecule has 5 nitrogen and oxygen atoms in total. The summed E-state index contributed by atoms with van der Waals surface area (Å²) in [6.07, 6.45) is 0.404. The molecule has 0 atom stereocenters. The molecule has 94 valence electrons. The number of hydrogen-bond donors (Lipinski definition) is 1. The van der Waals surface area contributed by atoms with Gasteiger partial charge in [0.25, 0.3) is 5.22 Å². The van der Waals surface area contributed by atoms with Crippen molar-refractivity contribution < 1.29 is 9.21 Å². The first kappa shape index (κ1) is 12.6. The van der Waals surface area contributed by atoms with E-state index in [1.807, 2.05) is 30.3 Å². The molecule has 1 heterocycles. The van der Waals surface area contributed by atoms with Gasteiger partial charge < -0.3 is 9.73 Å². The normalized spacial score (nSPS) is 10.3. The third-order valence-corrected chi connectivity index (χ3v) is 2.94. The summed E-state index contributed by atoms with van der Waals surface area (Å²) in [4.78, 5) is 11.6. The smallest absolute Gasteiger partial charge is 0.276 e. The highest BCUT2D eigenvalue weighted by Gasteiger charge is 2.06. The molecule has 0 fully saturated rings. The molecule has 1 aromatic carbocycles. The van der Waals surface area contributed by atoms with Gasteiger partial charge in [-0.2, -0.15) is 0 Å². The van der Waals surface area contributed by atoms with Crippen LogP contribution in [0.1, 0.15) is 12.3 Å². The van der Waals surface area contributed by atoms with Gasteiger partial charge in [0, 0.05) is 24.8 Å². The van der Waals surface area contributed by atoms with Crippen molar-refractivity contribution in [1.29, 1.82) is 0 Å². The monoisotopic (exact) mass is 263 g/mol. The molecule has 0 aliphatic carbocycles. The molecular weight excluding hydrogens is 250 g/mol. The zero-order valence-electron chi connectivity index (χ0n) is 9.92. The van der Waals surface area contributed by atoms with E-state index in [9.17, 15) is 4.79 Å². The predicted octanol–water partition coefficient (Wildman–Crippen LogP) is 2.50. The molecule has 18 heavy (non-hydrogen) atoms. The quantitative estimate of drug-likeness (QED) is 0.839. The highest BCUT2D eigenvalue weighted by atomic mass is 32.2. The fraction of sp³-hybridized carbons (Fsp3) is 0.250. The lowest BCUT2D eigenvalue weighted by molar-refractivity contribution is -0.115. The Balaban J connectivity index is 1.72. The standard InChI is InChI=1S/C12H13N3O2S/c1-9-14-15-12(17-9)18-8-7-11(16)13-10-5-3-2-4-6-10/h2-6H,7-8H2,1H3,(H,13,16). The Morgan fingerprint density at radius 1 is 1.33 bits per heavy atom. The number of benzene rings is 1. The fourth-order valence-electron chi connectivity index (χ4n) is 1.31. The summed E-state index contributed by atoms with van der Waals surface area (Å²) < 4.78 is 5.19. The third-order valence-electron chi connectivity index (χ3n) is 2.12. The molecule has 1 N–H and O–H groups in total. The molecule has 0 bridgehead atoms. The van der Waals surface area contributed by atoms with Crippen LogP contribution in [0, 0.1) is 6.92 Å². The van der Waals surface area contributed by atoms with Gasteiger partial charge in [0.05, 0.1) is 0 Å². The van der Waals surface area contributed by atoms with E-state index in [0.29, 0.717) is 23.3 Å². The number of para-hydroxylation sites is 1. The summed E-state index contributed by atoms with van der Waals surface area (Å²) in [5.74, 6) is 1.12. The van der Waals surface area contributed by atoms with E-state index >= 15 is 0 Å². The molecule has 0 aliphatic rings. The van der Waals surface area contributed by atoms with Crippen LogP contribution in [0.5, 0.6) is 0 Å². The van der Waals surface area contributed by atoms with Gasteiger partial charge in [-0.15, -0.1) is 10.2 Å². The highest BCUT2D eigenvalue weighted by molar-refractivity contribution is 7.99. The molecular formula is C12H13N3O2S. The van der Waals surface area contributed by atoms with Gasteiger partial charge in [-0.25, -0.2) is 0 Å². The van der Waals surface area contributed by atoms with Gasteiger partial charge >= 0.3 is 0 Å². The number of carbonyl (C=O) groups excluding carboxylic acids is 1. The van der Waals surface area contributed by atoms with Crippen LogP contribution < -0.4 is 5.32 Å². The SMILES string of the molecule is Cc1nnc(SCCC(=O)Nc2ccccc2)o1. The summed E-state index contributed by atoms with van der Waals surface area (Å²) >= 11 is 1.38. The number of aryl methyl sites for hydroxylation is 1. The van der Waals surface area contributed by atoms with Crippen molar-refractivity contribution in [1.82, 2.24) is 10.2 Å². The van der Waals surface area contributed by atoms with Crippen LogP contribution in [-0.2, 0) is 4.79 Å². The average Bonchev–Trinajstić information content (AvgIpc) is 2.76. The Morgan fingerprint density at radius 2 is 2.11 bits per heavy atom. The van der Waals surface area contributed by atoms with Gasteiger partial charge in [0.2, 0.25) is 11.8 Å². The van der Waals surface area contributed by atoms with E-state index in [1.54, 1.807) is 6.92 Å². The number of carbonyl (C=O) groups is 1. The van der Waals surface area contributed by atoms with Crippen molar-refractivity contribution in [3.05, 3.63) is 36.2 Å². The van der Waals surface area contributed by atoms with E-state index in [4.69, 9.17) is 4.42 Å². The summed E-state index contributed by atoms with van der Waals surface area (Å²) in [6, 6.07) is 9.37. The Hall–Kier alpha value is -1.82. The van der Waals surface area contributed by atoms with Crippen molar-refractivity contribution in [2.75, 3.05) is 11.1 Å². The van der Waals surface area contributed by atoms with Crippen LogP contribution in [0.25, 0.3) is 0 Å². The lowest BCUT2D eigenvalue weighted by Crippen LogP contribution is -2.11. The van der Waals surface area contributed by atoms with Crippen molar-refractivity contribution in [3.8, 4) is 0 Å². The van der Waals surface area contributed by atoms with E-state index in [0.717, 1.165) is 5.69 Å². The molecule has 2 rings (SSSR count). The minimum atomic E-state index is -0.0232. The maximum atomic E-state index is 11.6. The molecule has 0 saturated heterocycles. The van der Waals surface area contributed by atoms with Crippen LogP contribution in [-0.4, -0.2) is 21.9 Å². The zero-order chi connectivity index (χ0) is 12.8.